The molecule has 116 valence electrons. The van der Waals surface area contributed by atoms with Gasteiger partial charge in [-0.25, -0.2) is 4.39 Å². The number of amides is 2. The lowest BCUT2D eigenvalue weighted by Gasteiger charge is -2.22. The van der Waals surface area contributed by atoms with Crippen LogP contribution in [0.15, 0.2) is 18.2 Å². The van der Waals surface area contributed by atoms with E-state index in [2.05, 4.69) is 5.32 Å². The van der Waals surface area contributed by atoms with Gasteiger partial charge in [-0.1, -0.05) is 13.8 Å². The summed E-state index contributed by atoms with van der Waals surface area (Å²) in [6, 6.07) is 3.73. The summed E-state index contributed by atoms with van der Waals surface area (Å²) in [6.45, 7) is 4.53. The molecule has 0 spiro atoms. The zero-order chi connectivity index (χ0) is 16.0. The van der Waals surface area contributed by atoms with Crippen LogP contribution in [0.4, 0.5) is 15.8 Å². The molecule has 0 unspecified atom stereocenters. The molecular formula is C14H21FN4O2. The van der Waals surface area contributed by atoms with Crippen LogP contribution < -0.4 is 16.8 Å². The first-order valence-corrected chi connectivity index (χ1v) is 6.63. The highest BCUT2D eigenvalue weighted by Gasteiger charge is 2.15. The van der Waals surface area contributed by atoms with Gasteiger partial charge < -0.3 is 16.8 Å². The molecular weight excluding hydrogens is 275 g/mol. The summed E-state index contributed by atoms with van der Waals surface area (Å²) in [5.41, 5.74) is 11.3. The second kappa shape index (κ2) is 7.58. The monoisotopic (exact) mass is 296 g/mol. The number of nitrogens with zero attached hydrogens (tertiary/aromatic N) is 1. The Kier molecular flexibility index (Phi) is 6.10. The summed E-state index contributed by atoms with van der Waals surface area (Å²) < 4.78 is 12.9. The third-order valence-electron chi connectivity index (χ3n) is 2.66. The first-order valence-electron chi connectivity index (χ1n) is 6.63. The normalized spacial score (nSPS) is 10.9. The fourth-order valence-electron chi connectivity index (χ4n) is 1.96. The van der Waals surface area contributed by atoms with Gasteiger partial charge in [-0.15, -0.1) is 0 Å². The number of nitrogens with two attached hydrogens (primary N) is 2. The number of primary amides is 1. The molecule has 0 aromatic heterocycles. The van der Waals surface area contributed by atoms with E-state index in [1.165, 1.54) is 12.1 Å². The quantitative estimate of drug-likeness (QED) is 0.647. The summed E-state index contributed by atoms with van der Waals surface area (Å²) in [6.07, 6.45) is 0. The van der Waals surface area contributed by atoms with Crippen molar-refractivity contribution in [3.63, 3.8) is 0 Å². The van der Waals surface area contributed by atoms with Crippen molar-refractivity contribution in [3.8, 4) is 0 Å². The largest absolute Gasteiger partial charge is 0.397 e. The van der Waals surface area contributed by atoms with Crippen molar-refractivity contribution in [2.45, 2.75) is 13.8 Å². The maximum atomic E-state index is 12.9. The fraction of sp³-hybridized carbons (Fsp3) is 0.429. The van der Waals surface area contributed by atoms with Crippen molar-refractivity contribution in [2.75, 3.05) is 30.7 Å². The number of carbonyl (C=O) groups is 2. The predicted molar refractivity (Wildman–Crippen MR) is 79.9 cm³/mol. The average molecular weight is 296 g/mol. The number of benzene rings is 1. The average Bonchev–Trinajstić information content (AvgIpc) is 2.30. The van der Waals surface area contributed by atoms with Gasteiger partial charge in [0.05, 0.1) is 24.5 Å². The smallest absolute Gasteiger partial charge is 0.238 e. The lowest BCUT2D eigenvalue weighted by molar-refractivity contribution is -0.121. The molecule has 6 nitrogen and oxygen atoms in total. The van der Waals surface area contributed by atoms with Crippen LogP contribution in [0, 0.1) is 11.7 Å². The summed E-state index contributed by atoms with van der Waals surface area (Å²) in [5, 5.41) is 2.59. The lowest BCUT2D eigenvalue weighted by Crippen LogP contribution is -2.41. The minimum absolute atomic E-state index is 0.00446. The van der Waals surface area contributed by atoms with Crippen LogP contribution in [0.5, 0.6) is 0 Å². The van der Waals surface area contributed by atoms with Gasteiger partial charge in [0.1, 0.15) is 5.82 Å². The number of halogens is 1. The van der Waals surface area contributed by atoms with E-state index >= 15 is 0 Å². The molecule has 5 N–H and O–H groups in total. The van der Waals surface area contributed by atoms with Crippen molar-refractivity contribution >= 4 is 23.2 Å². The molecule has 0 fully saturated rings. The molecule has 0 aliphatic rings. The zero-order valence-corrected chi connectivity index (χ0v) is 12.2. The van der Waals surface area contributed by atoms with Gasteiger partial charge in [-0.05, 0) is 24.1 Å². The van der Waals surface area contributed by atoms with Crippen molar-refractivity contribution in [1.82, 2.24) is 4.90 Å². The van der Waals surface area contributed by atoms with Gasteiger partial charge in [-0.2, -0.15) is 0 Å². The number of rotatable bonds is 7. The van der Waals surface area contributed by atoms with Crippen molar-refractivity contribution in [2.24, 2.45) is 11.7 Å². The van der Waals surface area contributed by atoms with Gasteiger partial charge in [0, 0.05) is 6.54 Å². The molecule has 0 saturated heterocycles. The number of nitrogens with one attached hydrogen (secondary N) is 1. The van der Waals surface area contributed by atoms with E-state index in [4.69, 9.17) is 11.5 Å². The maximum Gasteiger partial charge on any atom is 0.238 e. The van der Waals surface area contributed by atoms with E-state index in [1.54, 1.807) is 4.90 Å². The van der Waals surface area contributed by atoms with Crippen LogP contribution >= 0.6 is 0 Å². The second-order valence-electron chi connectivity index (χ2n) is 5.31. The van der Waals surface area contributed by atoms with Crippen LogP contribution in [-0.2, 0) is 9.59 Å². The second-order valence-corrected chi connectivity index (χ2v) is 5.31. The van der Waals surface area contributed by atoms with Crippen LogP contribution in [0.3, 0.4) is 0 Å². The first-order chi connectivity index (χ1) is 9.77. The van der Waals surface area contributed by atoms with Crippen LogP contribution in [0.25, 0.3) is 0 Å². The fourth-order valence-corrected chi connectivity index (χ4v) is 1.96. The molecule has 0 saturated carbocycles. The summed E-state index contributed by atoms with van der Waals surface area (Å²) in [7, 11) is 0. The van der Waals surface area contributed by atoms with Crippen molar-refractivity contribution in [3.05, 3.63) is 24.0 Å². The zero-order valence-electron chi connectivity index (χ0n) is 12.2. The SMILES string of the molecule is CC(C)CN(CC(N)=O)CC(=O)Nc1ccc(F)cc1N. The van der Waals surface area contributed by atoms with Crippen LogP contribution in [0.1, 0.15) is 13.8 Å². The number of hydrogen-bond acceptors (Lipinski definition) is 4. The lowest BCUT2D eigenvalue weighted by atomic mass is 10.2. The van der Waals surface area contributed by atoms with Crippen LogP contribution in [0.2, 0.25) is 0 Å². The Morgan fingerprint density at radius 3 is 2.52 bits per heavy atom. The Morgan fingerprint density at radius 2 is 2.00 bits per heavy atom. The van der Waals surface area contributed by atoms with Gasteiger partial charge >= 0.3 is 0 Å². The minimum atomic E-state index is -0.496. The Morgan fingerprint density at radius 1 is 1.33 bits per heavy atom. The van der Waals surface area contributed by atoms with E-state index < -0.39 is 11.7 Å². The Hall–Kier alpha value is -2.15. The molecule has 1 aromatic carbocycles. The Balaban J connectivity index is 2.66. The van der Waals surface area contributed by atoms with Gasteiger partial charge in [0.2, 0.25) is 11.8 Å². The van der Waals surface area contributed by atoms with Gasteiger partial charge in [0.25, 0.3) is 0 Å². The van der Waals surface area contributed by atoms with Gasteiger partial charge in [0.15, 0.2) is 0 Å². The molecule has 0 aliphatic heterocycles. The van der Waals surface area contributed by atoms with E-state index in [-0.39, 0.29) is 30.6 Å². The van der Waals surface area contributed by atoms with Gasteiger partial charge in [-0.3, -0.25) is 14.5 Å². The van der Waals surface area contributed by atoms with Crippen molar-refractivity contribution < 1.29 is 14.0 Å². The van der Waals surface area contributed by atoms with E-state index in [0.717, 1.165) is 6.07 Å². The highest BCUT2D eigenvalue weighted by Crippen LogP contribution is 2.18. The molecule has 0 radical (unpaired) electrons. The highest BCUT2D eigenvalue weighted by atomic mass is 19.1. The Labute approximate surface area is 123 Å². The number of nitrogen functional groups attached to an aromatic ring is 1. The highest BCUT2D eigenvalue weighted by molar-refractivity contribution is 5.95. The molecule has 0 aliphatic carbocycles. The topological polar surface area (TPSA) is 101 Å². The van der Waals surface area contributed by atoms with E-state index in [9.17, 15) is 14.0 Å². The first kappa shape index (κ1) is 16.9. The number of anilines is 2. The van der Waals surface area contributed by atoms with Crippen LogP contribution in [-0.4, -0.2) is 36.3 Å². The minimum Gasteiger partial charge on any atom is -0.397 e. The molecule has 1 aromatic rings. The van der Waals surface area contributed by atoms with E-state index in [0.29, 0.717) is 12.2 Å². The molecule has 7 heteroatoms. The number of hydrogen-bond donors (Lipinski definition) is 3. The molecule has 21 heavy (non-hydrogen) atoms. The number of carbonyl (C=O) groups excluding carboxylic acids is 2. The maximum absolute atomic E-state index is 12.9. The molecule has 0 heterocycles. The standard InChI is InChI=1S/C14H21FN4O2/c1-9(2)6-19(7-13(17)20)8-14(21)18-12-4-3-10(15)5-11(12)16/h3-5,9H,6-8,16H2,1-2H3,(H2,17,20)(H,18,21). The molecule has 0 atom stereocenters. The van der Waals surface area contributed by atoms with Crippen molar-refractivity contribution in [1.29, 1.82) is 0 Å². The predicted octanol–water partition coefficient (Wildman–Crippen LogP) is 0.790. The summed E-state index contributed by atoms with van der Waals surface area (Å²) in [4.78, 5) is 24.6. The molecule has 1 rings (SSSR count). The summed E-state index contributed by atoms with van der Waals surface area (Å²) >= 11 is 0. The Bertz CT molecular complexity index is 520. The third-order valence-corrected chi connectivity index (χ3v) is 2.66. The van der Waals surface area contributed by atoms with E-state index in [1.807, 2.05) is 13.8 Å². The molecule has 2 amide bonds. The summed E-state index contributed by atoms with van der Waals surface area (Å²) in [5.74, 6) is -1.02. The molecule has 0 bridgehead atoms. The third kappa shape index (κ3) is 6.22.